The van der Waals surface area contributed by atoms with Gasteiger partial charge in [0.25, 0.3) is 5.69 Å². The summed E-state index contributed by atoms with van der Waals surface area (Å²) in [5, 5.41) is 21.1. The lowest BCUT2D eigenvalue weighted by molar-refractivity contribution is -0.384. The smallest absolute Gasteiger partial charge is 0.269 e. The van der Waals surface area contributed by atoms with E-state index in [9.17, 15) is 19.7 Å². The summed E-state index contributed by atoms with van der Waals surface area (Å²) in [5.74, 6) is -0.173. The van der Waals surface area contributed by atoms with Crippen LogP contribution in [0.3, 0.4) is 0 Å². The molecule has 1 aliphatic carbocycles. The second kappa shape index (κ2) is 11.2. The Labute approximate surface area is 226 Å². The average Bonchev–Trinajstić information content (AvgIpc) is 2.92. The Morgan fingerprint density at radius 2 is 1.71 bits per heavy atom. The maximum Gasteiger partial charge on any atom is 0.269 e. The Hall–Kier alpha value is -3.37. The van der Waals surface area contributed by atoms with Gasteiger partial charge in [-0.1, -0.05) is 24.3 Å². The molecule has 0 spiro atoms. The van der Waals surface area contributed by atoms with Gasteiger partial charge >= 0.3 is 0 Å². The van der Waals surface area contributed by atoms with Crippen molar-refractivity contribution in [2.24, 2.45) is 5.92 Å². The molecule has 0 saturated carbocycles. The predicted octanol–water partition coefficient (Wildman–Crippen LogP) is 4.01. The van der Waals surface area contributed by atoms with Crippen molar-refractivity contribution in [3.63, 3.8) is 0 Å². The topological polar surface area (TPSA) is 117 Å². The van der Waals surface area contributed by atoms with Crippen LogP contribution in [0.1, 0.15) is 50.2 Å². The number of rotatable bonds is 8. The molecule has 3 aliphatic rings. The van der Waals surface area contributed by atoms with E-state index < -0.39 is 10.8 Å². The van der Waals surface area contributed by atoms with Gasteiger partial charge in [0.05, 0.1) is 17.0 Å². The first kappa shape index (κ1) is 26.2. The van der Waals surface area contributed by atoms with Crippen molar-refractivity contribution >= 4 is 34.8 Å². The quantitative estimate of drug-likeness (QED) is 0.343. The lowest BCUT2D eigenvalue weighted by Crippen LogP contribution is -2.67. The lowest BCUT2D eigenvalue weighted by atomic mass is 9.70. The third-order valence-corrected chi connectivity index (χ3v) is 8.75. The van der Waals surface area contributed by atoms with Gasteiger partial charge in [0.2, 0.25) is 5.91 Å². The van der Waals surface area contributed by atoms with Crippen LogP contribution >= 0.6 is 11.8 Å². The summed E-state index contributed by atoms with van der Waals surface area (Å²) in [6.07, 6.45) is 1.80. The molecule has 2 heterocycles. The molecule has 200 valence electrons. The van der Waals surface area contributed by atoms with E-state index in [4.69, 9.17) is 0 Å². The third kappa shape index (κ3) is 5.15. The molecule has 10 heteroatoms. The minimum absolute atomic E-state index is 0.0550. The van der Waals surface area contributed by atoms with Crippen LogP contribution in [0.5, 0.6) is 0 Å². The molecule has 3 N–H and O–H groups in total. The zero-order valence-corrected chi connectivity index (χ0v) is 22.4. The van der Waals surface area contributed by atoms with Crippen LogP contribution in [0.4, 0.5) is 11.4 Å². The fraction of sp³-hybridized carbons (Fsp3) is 0.429. The molecule has 4 atom stereocenters. The van der Waals surface area contributed by atoms with Gasteiger partial charge in [-0.15, -0.1) is 11.8 Å². The number of hydrogen-bond acceptors (Lipinski definition) is 8. The number of allylic oxidation sites excluding steroid dienone is 2. The van der Waals surface area contributed by atoms with E-state index in [0.29, 0.717) is 12.2 Å². The number of non-ortho nitro benzene ring substituents is 1. The number of Topliss-reactive ketones (excluding diaryl/α,β-unsaturated/α-hetero) is 1. The Bertz CT molecular complexity index is 1240. The molecule has 1 amide bonds. The number of hydrogen-bond donors (Lipinski definition) is 3. The van der Waals surface area contributed by atoms with Crippen molar-refractivity contribution in [2.45, 2.75) is 56.4 Å². The van der Waals surface area contributed by atoms with Gasteiger partial charge in [0.15, 0.2) is 5.78 Å². The van der Waals surface area contributed by atoms with Gasteiger partial charge in [-0.25, -0.2) is 0 Å². The average molecular weight is 536 g/mol. The summed E-state index contributed by atoms with van der Waals surface area (Å²) in [7, 11) is 0. The number of benzene rings is 2. The van der Waals surface area contributed by atoms with Crippen LogP contribution in [0, 0.1) is 16.0 Å². The summed E-state index contributed by atoms with van der Waals surface area (Å²) >= 11 is 1.52. The largest absolute Gasteiger partial charge is 0.372 e. The Kier molecular flexibility index (Phi) is 7.71. The van der Waals surface area contributed by atoms with Crippen molar-refractivity contribution in [1.82, 2.24) is 16.0 Å². The predicted molar refractivity (Wildman–Crippen MR) is 148 cm³/mol. The number of carbonyl (C=O) groups excluding carboxylic acids is 2. The molecule has 2 aromatic rings. The minimum Gasteiger partial charge on any atom is -0.372 e. The summed E-state index contributed by atoms with van der Waals surface area (Å²) in [4.78, 5) is 39.5. The first-order chi connectivity index (χ1) is 18.4. The van der Waals surface area contributed by atoms with Crippen molar-refractivity contribution in [1.29, 1.82) is 0 Å². The number of anilines is 1. The molecule has 38 heavy (non-hydrogen) atoms. The van der Waals surface area contributed by atoms with Gasteiger partial charge < -0.3 is 15.5 Å². The second-order valence-corrected chi connectivity index (χ2v) is 10.9. The van der Waals surface area contributed by atoms with Crippen LogP contribution in [0.15, 0.2) is 59.8 Å². The zero-order chi connectivity index (χ0) is 26.8. The summed E-state index contributed by atoms with van der Waals surface area (Å²) in [5.41, 5.74) is 4.46. The molecule has 2 aromatic carbocycles. The van der Waals surface area contributed by atoms with E-state index in [2.05, 4.69) is 59.0 Å². The van der Waals surface area contributed by atoms with E-state index in [-0.39, 0.29) is 35.0 Å². The van der Waals surface area contributed by atoms with Crippen molar-refractivity contribution < 1.29 is 14.5 Å². The van der Waals surface area contributed by atoms with Crippen molar-refractivity contribution in [3.05, 3.63) is 81.0 Å². The third-order valence-electron chi connectivity index (χ3n) is 7.67. The molecular formula is C28H33N5O4S. The molecule has 1 fully saturated rings. The van der Waals surface area contributed by atoms with Gasteiger partial charge in [-0.05, 0) is 49.9 Å². The van der Waals surface area contributed by atoms with E-state index in [1.54, 1.807) is 12.1 Å². The molecule has 0 bridgehead atoms. The van der Waals surface area contributed by atoms with Gasteiger partial charge in [-0.2, -0.15) is 0 Å². The first-order valence-corrected chi connectivity index (χ1v) is 14.2. The van der Waals surface area contributed by atoms with Gasteiger partial charge in [-0.3, -0.25) is 25.0 Å². The Morgan fingerprint density at radius 1 is 1.00 bits per heavy atom. The number of nitro benzene ring substituents is 1. The number of nitrogens with zero attached hydrogens (tertiary/aromatic N) is 2. The number of nitrogens with one attached hydrogen (secondary N) is 3. The summed E-state index contributed by atoms with van der Waals surface area (Å²) in [6, 6.07) is 14.8. The molecule has 1 saturated heterocycles. The maximum absolute atomic E-state index is 13.6. The lowest BCUT2D eigenvalue weighted by Gasteiger charge is -2.47. The highest BCUT2D eigenvalue weighted by atomic mass is 32.2. The summed E-state index contributed by atoms with van der Waals surface area (Å²) < 4.78 is 0. The first-order valence-electron chi connectivity index (χ1n) is 13.2. The second-order valence-electron chi connectivity index (χ2n) is 9.85. The van der Waals surface area contributed by atoms with E-state index in [1.165, 1.54) is 23.9 Å². The molecular weight excluding hydrogens is 502 g/mol. The number of thioether (sulfide) groups is 1. The van der Waals surface area contributed by atoms with Crippen LogP contribution in [-0.4, -0.2) is 41.4 Å². The highest BCUT2D eigenvalue weighted by Gasteiger charge is 2.49. The molecule has 0 aromatic heterocycles. The standard InChI is InChI=1S/C28H33N5O4S/c1-3-32(4-2)19-14-10-18(11-15-19)23-24-21(6-5-7-22(24)34)29-26-25(23)27(35)31-28(30-26)38-16-17-8-12-20(13-9-17)33(36)37/h8-15,23,25-26,28-30H,3-7,16H2,1-2H3,(H,31,35). The van der Waals surface area contributed by atoms with E-state index in [1.807, 2.05) is 0 Å². The van der Waals surface area contributed by atoms with Crippen LogP contribution < -0.4 is 20.9 Å². The Morgan fingerprint density at radius 3 is 2.37 bits per heavy atom. The fourth-order valence-electron chi connectivity index (χ4n) is 5.74. The van der Waals surface area contributed by atoms with E-state index in [0.717, 1.165) is 54.0 Å². The SMILES string of the molecule is CCN(CC)c1ccc(C2C3=C(CCCC3=O)NC3NC(SCc4ccc([N+](=O)[O-])cc4)NC(=O)C32)cc1. The highest BCUT2D eigenvalue weighted by molar-refractivity contribution is 7.99. The molecule has 5 rings (SSSR count). The normalized spacial score (nSPS) is 24.7. The number of carbonyl (C=O) groups is 2. The fourth-order valence-corrected chi connectivity index (χ4v) is 6.73. The minimum atomic E-state index is -0.466. The zero-order valence-electron chi connectivity index (χ0n) is 21.6. The van der Waals surface area contributed by atoms with Crippen LogP contribution in [-0.2, 0) is 15.3 Å². The van der Waals surface area contributed by atoms with Gasteiger partial charge in [0, 0.05) is 60.3 Å². The Balaban J connectivity index is 1.38. The van der Waals surface area contributed by atoms with Crippen molar-refractivity contribution in [3.8, 4) is 0 Å². The molecule has 4 unspecified atom stereocenters. The van der Waals surface area contributed by atoms with E-state index >= 15 is 0 Å². The number of amides is 1. The highest BCUT2D eigenvalue weighted by Crippen LogP contribution is 2.44. The summed E-state index contributed by atoms with van der Waals surface area (Å²) in [6.45, 7) is 6.07. The number of ketones is 1. The number of fused-ring (bicyclic) bond motifs is 1. The van der Waals surface area contributed by atoms with Crippen molar-refractivity contribution in [2.75, 3.05) is 18.0 Å². The molecule has 0 radical (unpaired) electrons. The van der Waals surface area contributed by atoms with Crippen LogP contribution in [0.25, 0.3) is 0 Å². The van der Waals surface area contributed by atoms with Gasteiger partial charge in [0.1, 0.15) is 5.50 Å². The molecule has 9 nitrogen and oxygen atoms in total. The number of nitro groups is 1. The monoisotopic (exact) mass is 535 g/mol. The van der Waals surface area contributed by atoms with Crippen LogP contribution in [0.2, 0.25) is 0 Å². The molecule has 2 aliphatic heterocycles. The maximum atomic E-state index is 13.6.